The van der Waals surface area contributed by atoms with Gasteiger partial charge in [-0.1, -0.05) is 6.07 Å². The van der Waals surface area contributed by atoms with E-state index < -0.39 is 68.8 Å². The number of carbonyl (C=O) groups excluding carboxylic acids is 1. The summed E-state index contributed by atoms with van der Waals surface area (Å²) in [7, 11) is 0. The van der Waals surface area contributed by atoms with Crippen molar-refractivity contribution in [2.24, 2.45) is 5.92 Å². The van der Waals surface area contributed by atoms with E-state index in [-0.39, 0.29) is 11.8 Å². The zero-order chi connectivity index (χ0) is 27.3. The van der Waals surface area contributed by atoms with Crippen LogP contribution in [0.25, 0.3) is 0 Å². The maximum Gasteiger partial charge on any atom is 0.435 e. The van der Waals surface area contributed by atoms with E-state index in [0.29, 0.717) is 12.5 Å². The number of anilines is 2. The van der Waals surface area contributed by atoms with Gasteiger partial charge in [0, 0.05) is 16.6 Å². The molecule has 198 valence electrons. The highest BCUT2D eigenvalue weighted by molar-refractivity contribution is 9.10. The third kappa shape index (κ3) is 5.39. The molecule has 1 amide bonds. The van der Waals surface area contributed by atoms with Gasteiger partial charge < -0.3 is 10.6 Å². The van der Waals surface area contributed by atoms with E-state index in [1.165, 1.54) is 12.1 Å². The predicted molar refractivity (Wildman–Crippen MR) is 110 cm³/mol. The zero-order valence-electron chi connectivity index (χ0n) is 17.5. The second-order valence-electron chi connectivity index (χ2n) is 7.98. The lowest BCUT2D eigenvalue weighted by atomic mass is 9.92. The van der Waals surface area contributed by atoms with Crippen molar-refractivity contribution in [1.82, 2.24) is 0 Å². The van der Waals surface area contributed by atoms with Crippen LogP contribution in [0.5, 0.6) is 0 Å². The summed E-state index contributed by atoms with van der Waals surface area (Å²) in [5, 5.41) is 4.38. The fourth-order valence-corrected chi connectivity index (χ4v) is 3.80. The number of benzene rings is 2. The summed E-state index contributed by atoms with van der Waals surface area (Å²) in [5.74, 6) is -2.34. The van der Waals surface area contributed by atoms with Crippen LogP contribution < -0.4 is 10.6 Å². The van der Waals surface area contributed by atoms with E-state index in [1.807, 2.05) is 0 Å². The normalized spacial score (nSPS) is 15.1. The SMILES string of the molecule is O=C(Nc1c(Br)cc(C(F)(C(F)(F)F)C(F)(F)F)cc1C(F)(F)F)c1cccc(NCC2CC2)c1F. The van der Waals surface area contributed by atoms with Gasteiger partial charge in [0.05, 0.1) is 22.5 Å². The van der Waals surface area contributed by atoms with Crippen molar-refractivity contribution < 1.29 is 53.1 Å². The first-order valence-electron chi connectivity index (χ1n) is 9.95. The number of nitrogens with one attached hydrogen (secondary N) is 2. The average molecular weight is 599 g/mol. The molecule has 0 heterocycles. The summed E-state index contributed by atoms with van der Waals surface area (Å²) in [5.41, 5.74) is -13.0. The Morgan fingerprint density at radius 2 is 1.53 bits per heavy atom. The summed E-state index contributed by atoms with van der Waals surface area (Å²) in [6.45, 7) is 0.372. The number of hydrogen-bond acceptors (Lipinski definition) is 2. The van der Waals surface area contributed by atoms with Gasteiger partial charge in [-0.05, 0) is 59.0 Å². The molecule has 1 aliphatic rings. The molecule has 2 aromatic carbocycles. The van der Waals surface area contributed by atoms with Crippen molar-refractivity contribution in [3.05, 3.63) is 57.3 Å². The molecule has 1 saturated carbocycles. The van der Waals surface area contributed by atoms with Gasteiger partial charge in [0.1, 0.15) is 0 Å². The Morgan fingerprint density at radius 3 is 2.03 bits per heavy atom. The Morgan fingerprint density at radius 1 is 0.944 bits per heavy atom. The van der Waals surface area contributed by atoms with Crippen LogP contribution >= 0.6 is 15.9 Å². The molecule has 0 aliphatic heterocycles. The Hall–Kier alpha value is -2.58. The largest absolute Gasteiger partial charge is 0.435 e. The maximum absolute atomic E-state index is 14.8. The van der Waals surface area contributed by atoms with Crippen molar-refractivity contribution in [1.29, 1.82) is 0 Å². The first-order chi connectivity index (χ1) is 16.4. The fourth-order valence-electron chi connectivity index (χ4n) is 3.25. The highest BCUT2D eigenvalue weighted by atomic mass is 79.9. The topological polar surface area (TPSA) is 41.1 Å². The first kappa shape index (κ1) is 28.0. The molecule has 0 spiro atoms. The quantitative estimate of drug-likeness (QED) is 0.331. The van der Waals surface area contributed by atoms with E-state index in [2.05, 4.69) is 21.2 Å². The molecule has 2 aromatic rings. The smallest absolute Gasteiger partial charge is 0.382 e. The van der Waals surface area contributed by atoms with Crippen LogP contribution in [0.15, 0.2) is 34.8 Å². The molecule has 0 saturated heterocycles. The molecule has 1 aliphatic carbocycles. The van der Waals surface area contributed by atoms with E-state index in [0.717, 1.165) is 18.9 Å². The molecular weight excluding hydrogens is 585 g/mol. The van der Waals surface area contributed by atoms with Gasteiger partial charge in [-0.2, -0.15) is 39.5 Å². The average Bonchev–Trinajstić information content (AvgIpc) is 3.55. The molecule has 0 atom stereocenters. The van der Waals surface area contributed by atoms with Crippen LogP contribution in [0.3, 0.4) is 0 Å². The van der Waals surface area contributed by atoms with Gasteiger partial charge >= 0.3 is 24.2 Å². The first-order valence-corrected chi connectivity index (χ1v) is 10.7. The lowest BCUT2D eigenvalue weighted by Crippen LogP contribution is -2.50. The molecular formula is C21H14BrF11N2O. The molecule has 3 nitrogen and oxygen atoms in total. The number of rotatable bonds is 6. The minimum atomic E-state index is -6.67. The summed E-state index contributed by atoms with van der Waals surface area (Å²) in [6, 6.07) is 2.49. The minimum Gasteiger partial charge on any atom is -0.382 e. The number of alkyl halides is 10. The standard InChI is InChI=1S/C21H14BrF11N2O/c22-13-7-10(18(24,20(28,29)30)21(31,32)33)6-12(19(25,26)27)16(13)35-17(36)11-2-1-3-14(15(11)23)34-8-9-4-5-9/h1-3,6-7,9,34H,4-5,8H2,(H,35,36). The van der Waals surface area contributed by atoms with Crippen LogP contribution in [-0.4, -0.2) is 24.8 Å². The number of halogens is 12. The lowest BCUT2D eigenvalue weighted by Gasteiger charge is -2.31. The highest BCUT2D eigenvalue weighted by Gasteiger charge is 2.73. The molecule has 2 N–H and O–H groups in total. The third-order valence-electron chi connectivity index (χ3n) is 5.33. The Labute approximate surface area is 204 Å². The predicted octanol–water partition coefficient (Wildman–Crippen LogP) is 7.97. The Kier molecular flexibility index (Phi) is 7.29. The van der Waals surface area contributed by atoms with Crippen molar-refractivity contribution in [2.45, 2.75) is 37.0 Å². The van der Waals surface area contributed by atoms with Gasteiger partial charge in [-0.15, -0.1) is 0 Å². The molecule has 0 radical (unpaired) electrons. The molecule has 0 unspecified atom stereocenters. The minimum absolute atomic E-state index is 0.141. The second-order valence-corrected chi connectivity index (χ2v) is 8.83. The van der Waals surface area contributed by atoms with Crippen LogP contribution in [0.1, 0.15) is 34.3 Å². The van der Waals surface area contributed by atoms with Gasteiger partial charge in [0.15, 0.2) is 5.82 Å². The van der Waals surface area contributed by atoms with Crippen molar-refractivity contribution in [3.8, 4) is 0 Å². The summed E-state index contributed by atoms with van der Waals surface area (Å²) in [4.78, 5) is 12.6. The number of carbonyl (C=O) groups is 1. The molecule has 3 rings (SSSR count). The van der Waals surface area contributed by atoms with E-state index in [1.54, 1.807) is 5.32 Å². The van der Waals surface area contributed by atoms with Crippen LogP contribution in [0.2, 0.25) is 0 Å². The van der Waals surface area contributed by atoms with E-state index >= 15 is 0 Å². The van der Waals surface area contributed by atoms with Crippen LogP contribution in [0, 0.1) is 11.7 Å². The number of amides is 1. The summed E-state index contributed by atoms with van der Waals surface area (Å²) in [6.07, 6.45) is -17.2. The van der Waals surface area contributed by atoms with Crippen LogP contribution in [-0.2, 0) is 11.8 Å². The zero-order valence-corrected chi connectivity index (χ0v) is 19.1. The Bertz CT molecular complexity index is 1140. The van der Waals surface area contributed by atoms with Gasteiger partial charge in [0.2, 0.25) is 0 Å². The van der Waals surface area contributed by atoms with Gasteiger partial charge in [0.25, 0.3) is 5.91 Å². The lowest BCUT2D eigenvalue weighted by molar-refractivity contribution is -0.348. The maximum atomic E-state index is 14.8. The van der Waals surface area contributed by atoms with Crippen LogP contribution in [0.4, 0.5) is 59.7 Å². The monoisotopic (exact) mass is 598 g/mol. The fraction of sp³-hybridized carbons (Fsp3) is 0.381. The van der Waals surface area contributed by atoms with Crippen molar-refractivity contribution >= 4 is 33.2 Å². The number of hydrogen-bond donors (Lipinski definition) is 2. The Balaban J connectivity index is 2.06. The second kappa shape index (κ2) is 9.38. The third-order valence-corrected chi connectivity index (χ3v) is 5.96. The van der Waals surface area contributed by atoms with E-state index in [9.17, 15) is 53.1 Å². The molecule has 15 heteroatoms. The molecule has 36 heavy (non-hydrogen) atoms. The molecule has 0 aromatic heterocycles. The van der Waals surface area contributed by atoms with Crippen molar-refractivity contribution in [3.63, 3.8) is 0 Å². The van der Waals surface area contributed by atoms with E-state index in [4.69, 9.17) is 0 Å². The molecule has 1 fully saturated rings. The summed E-state index contributed by atoms with van der Waals surface area (Å²) >= 11 is 2.38. The van der Waals surface area contributed by atoms with Gasteiger partial charge in [-0.25, -0.2) is 8.78 Å². The highest BCUT2D eigenvalue weighted by Crippen LogP contribution is 2.55. The molecule has 0 bridgehead atoms. The van der Waals surface area contributed by atoms with Crippen molar-refractivity contribution in [2.75, 3.05) is 17.2 Å². The summed E-state index contributed by atoms with van der Waals surface area (Å²) < 4.78 is 147. The van der Waals surface area contributed by atoms with Gasteiger partial charge in [-0.3, -0.25) is 4.79 Å².